The van der Waals surface area contributed by atoms with Crippen LogP contribution in [-0.4, -0.2) is 38.0 Å². The minimum Gasteiger partial charge on any atom is -0.347 e. The van der Waals surface area contributed by atoms with Crippen molar-refractivity contribution in [1.82, 2.24) is 25.2 Å². The van der Waals surface area contributed by atoms with Crippen molar-refractivity contribution in [3.8, 4) is 0 Å². The SMILES string of the molecule is CC(=O)c1ccc2c(c1C)CC[C@@H]2NC(=O)c1cc(C(=O)NCc2ccc3c(c2)CC(=O)CC3)nc2ccnn12. The molecular formula is C31H29N5O4. The monoisotopic (exact) mass is 535 g/mol. The standard InChI is InChI=1S/C31H29N5O4/c1-17-23(18(2)37)7-8-25-24(17)9-10-26(25)35-31(40)28-15-27(34-29-11-12-33-36(28)29)30(39)32-16-19-3-4-20-5-6-22(38)14-21(20)13-19/h3-4,7-8,11-13,15,26H,5-6,9-10,14,16H2,1-2H3,(H,32,39)(H,35,40)/t26-/m0/s1. The second-order valence-corrected chi connectivity index (χ2v) is 10.6. The Bertz CT molecular complexity index is 1720. The molecule has 0 fully saturated rings. The first kappa shape index (κ1) is 25.6. The highest BCUT2D eigenvalue weighted by Crippen LogP contribution is 2.35. The summed E-state index contributed by atoms with van der Waals surface area (Å²) in [5.74, 6) is -0.520. The zero-order chi connectivity index (χ0) is 28.0. The third kappa shape index (κ3) is 4.68. The highest BCUT2D eigenvalue weighted by Gasteiger charge is 2.28. The van der Waals surface area contributed by atoms with Crippen molar-refractivity contribution in [1.29, 1.82) is 0 Å². The van der Waals surface area contributed by atoms with E-state index in [1.807, 2.05) is 37.3 Å². The number of carbonyl (C=O) groups excluding carboxylic acids is 4. The summed E-state index contributed by atoms with van der Waals surface area (Å²) >= 11 is 0. The van der Waals surface area contributed by atoms with Gasteiger partial charge in [-0.25, -0.2) is 9.50 Å². The number of amides is 2. The molecule has 40 heavy (non-hydrogen) atoms. The van der Waals surface area contributed by atoms with E-state index < -0.39 is 5.91 Å². The van der Waals surface area contributed by atoms with E-state index in [0.717, 1.165) is 47.1 Å². The van der Waals surface area contributed by atoms with Crippen LogP contribution < -0.4 is 10.6 Å². The van der Waals surface area contributed by atoms with E-state index in [1.165, 1.54) is 22.3 Å². The lowest BCUT2D eigenvalue weighted by Crippen LogP contribution is -2.30. The van der Waals surface area contributed by atoms with Gasteiger partial charge in [-0.15, -0.1) is 0 Å². The summed E-state index contributed by atoms with van der Waals surface area (Å²) in [4.78, 5) is 54.8. The number of fused-ring (bicyclic) bond motifs is 3. The lowest BCUT2D eigenvalue weighted by Gasteiger charge is -2.17. The molecule has 4 aromatic rings. The maximum atomic E-state index is 13.5. The summed E-state index contributed by atoms with van der Waals surface area (Å²) in [7, 11) is 0. The van der Waals surface area contributed by atoms with Crippen molar-refractivity contribution in [3.05, 3.63) is 99.0 Å². The average molecular weight is 536 g/mol. The van der Waals surface area contributed by atoms with Gasteiger partial charge in [0.2, 0.25) is 0 Å². The van der Waals surface area contributed by atoms with Gasteiger partial charge in [0, 0.05) is 37.1 Å². The molecule has 9 heteroatoms. The number of hydrogen-bond acceptors (Lipinski definition) is 6. The van der Waals surface area contributed by atoms with Gasteiger partial charge in [0.25, 0.3) is 11.8 Å². The predicted octanol–water partition coefficient (Wildman–Crippen LogP) is 3.65. The first-order chi connectivity index (χ1) is 19.3. The van der Waals surface area contributed by atoms with E-state index in [1.54, 1.807) is 13.0 Å². The molecule has 0 aliphatic heterocycles. The van der Waals surface area contributed by atoms with Crippen molar-refractivity contribution in [3.63, 3.8) is 0 Å². The molecule has 2 aliphatic rings. The van der Waals surface area contributed by atoms with Crippen molar-refractivity contribution in [2.45, 2.75) is 58.5 Å². The molecular weight excluding hydrogens is 506 g/mol. The molecule has 2 heterocycles. The molecule has 6 rings (SSSR count). The Labute approximate surface area is 231 Å². The van der Waals surface area contributed by atoms with Crippen LogP contribution in [0.2, 0.25) is 0 Å². The number of aryl methyl sites for hydroxylation is 1. The zero-order valence-corrected chi connectivity index (χ0v) is 22.4. The third-order valence-corrected chi connectivity index (χ3v) is 7.99. The maximum absolute atomic E-state index is 13.5. The predicted molar refractivity (Wildman–Crippen MR) is 147 cm³/mol. The highest BCUT2D eigenvalue weighted by atomic mass is 16.2. The molecule has 2 aromatic carbocycles. The Hall–Kier alpha value is -4.66. The summed E-state index contributed by atoms with van der Waals surface area (Å²) < 4.78 is 1.42. The minimum absolute atomic E-state index is 0.0261. The Balaban J connectivity index is 1.21. The van der Waals surface area contributed by atoms with Crippen LogP contribution in [-0.2, 0) is 30.6 Å². The Morgan fingerprint density at radius 2 is 1.85 bits per heavy atom. The lowest BCUT2D eigenvalue weighted by molar-refractivity contribution is -0.118. The van der Waals surface area contributed by atoms with Gasteiger partial charge in [0.1, 0.15) is 17.2 Å². The molecule has 202 valence electrons. The molecule has 0 bridgehead atoms. The quantitative estimate of drug-likeness (QED) is 0.364. The lowest BCUT2D eigenvalue weighted by atomic mass is 9.89. The summed E-state index contributed by atoms with van der Waals surface area (Å²) in [6.07, 6.45) is 4.79. The third-order valence-electron chi connectivity index (χ3n) is 7.99. The number of nitrogens with one attached hydrogen (secondary N) is 2. The summed E-state index contributed by atoms with van der Waals surface area (Å²) in [5.41, 5.74) is 7.57. The summed E-state index contributed by atoms with van der Waals surface area (Å²) in [6.45, 7) is 3.78. The van der Waals surface area contributed by atoms with Gasteiger partial charge in [-0.1, -0.05) is 30.3 Å². The van der Waals surface area contributed by atoms with Gasteiger partial charge in [-0.05, 0) is 66.5 Å². The summed E-state index contributed by atoms with van der Waals surface area (Å²) in [5, 5.41) is 10.2. The van der Waals surface area contributed by atoms with Crippen molar-refractivity contribution in [2.24, 2.45) is 0 Å². The molecule has 2 amide bonds. The molecule has 0 unspecified atom stereocenters. The van der Waals surface area contributed by atoms with Gasteiger partial charge >= 0.3 is 0 Å². The van der Waals surface area contributed by atoms with Gasteiger partial charge in [0.05, 0.1) is 12.2 Å². The average Bonchev–Trinajstić information content (AvgIpc) is 3.58. The van der Waals surface area contributed by atoms with E-state index >= 15 is 0 Å². The topological polar surface area (TPSA) is 123 Å². The molecule has 0 saturated heterocycles. The molecule has 2 N–H and O–H groups in total. The second kappa shape index (κ2) is 10.1. The van der Waals surface area contributed by atoms with E-state index in [0.29, 0.717) is 24.1 Å². The van der Waals surface area contributed by atoms with E-state index in [2.05, 4.69) is 20.7 Å². The first-order valence-corrected chi connectivity index (χ1v) is 13.5. The number of Topliss-reactive ketones (excluding diaryl/α,β-unsaturated/α-hetero) is 2. The number of aromatic nitrogens is 3. The number of benzene rings is 2. The molecule has 0 radical (unpaired) electrons. The fraction of sp³-hybridized carbons (Fsp3) is 0.290. The molecule has 0 spiro atoms. The first-order valence-electron chi connectivity index (χ1n) is 13.5. The number of rotatable bonds is 6. The number of hydrogen-bond donors (Lipinski definition) is 2. The van der Waals surface area contributed by atoms with E-state index in [9.17, 15) is 19.2 Å². The van der Waals surface area contributed by atoms with Gasteiger partial charge in [0.15, 0.2) is 11.4 Å². The van der Waals surface area contributed by atoms with Gasteiger partial charge in [-0.2, -0.15) is 5.10 Å². The van der Waals surface area contributed by atoms with Gasteiger partial charge in [-0.3, -0.25) is 19.2 Å². The van der Waals surface area contributed by atoms with Crippen molar-refractivity contribution in [2.75, 3.05) is 0 Å². The maximum Gasteiger partial charge on any atom is 0.270 e. The Morgan fingerprint density at radius 1 is 1.00 bits per heavy atom. The Kier molecular flexibility index (Phi) is 6.50. The van der Waals surface area contributed by atoms with Crippen molar-refractivity contribution < 1.29 is 19.2 Å². The van der Waals surface area contributed by atoms with Crippen molar-refractivity contribution >= 4 is 29.0 Å². The van der Waals surface area contributed by atoms with Gasteiger partial charge < -0.3 is 10.6 Å². The normalized spacial score (nSPS) is 15.9. The number of ketones is 2. The second-order valence-electron chi connectivity index (χ2n) is 10.6. The fourth-order valence-electron chi connectivity index (χ4n) is 5.88. The largest absolute Gasteiger partial charge is 0.347 e. The van der Waals surface area contributed by atoms with Crippen LogP contribution in [0.25, 0.3) is 5.65 Å². The Morgan fingerprint density at radius 3 is 2.67 bits per heavy atom. The van der Waals surface area contributed by atoms with Crippen LogP contribution in [0.4, 0.5) is 0 Å². The van der Waals surface area contributed by atoms with Crippen LogP contribution in [0.1, 0.15) is 90.5 Å². The van der Waals surface area contributed by atoms with Crippen LogP contribution in [0.5, 0.6) is 0 Å². The van der Waals surface area contributed by atoms with E-state index in [4.69, 9.17) is 0 Å². The molecule has 2 aromatic heterocycles. The van der Waals surface area contributed by atoms with E-state index in [-0.39, 0.29) is 41.4 Å². The molecule has 1 atom stereocenters. The number of carbonyl (C=O) groups is 4. The van der Waals surface area contributed by atoms with Crippen LogP contribution in [0.15, 0.2) is 48.7 Å². The minimum atomic E-state index is -0.412. The highest BCUT2D eigenvalue weighted by molar-refractivity contribution is 5.99. The van der Waals surface area contributed by atoms with Crippen LogP contribution in [0.3, 0.4) is 0 Å². The molecule has 2 aliphatic carbocycles. The summed E-state index contributed by atoms with van der Waals surface area (Å²) in [6, 6.07) is 12.6. The smallest absolute Gasteiger partial charge is 0.270 e. The van der Waals surface area contributed by atoms with Crippen LogP contribution >= 0.6 is 0 Å². The number of nitrogens with zero attached hydrogens (tertiary/aromatic N) is 3. The zero-order valence-electron chi connectivity index (χ0n) is 22.4. The molecule has 9 nitrogen and oxygen atoms in total. The fourth-order valence-corrected chi connectivity index (χ4v) is 5.88. The van der Waals surface area contributed by atoms with Crippen LogP contribution in [0, 0.1) is 6.92 Å². The molecule has 0 saturated carbocycles.